The Morgan fingerprint density at radius 1 is 0.909 bits per heavy atom. The van der Waals surface area contributed by atoms with Crippen molar-refractivity contribution < 1.29 is 9.90 Å². The van der Waals surface area contributed by atoms with E-state index in [-0.39, 0.29) is 5.56 Å². The van der Waals surface area contributed by atoms with Crippen molar-refractivity contribution in [3.05, 3.63) is 72.1 Å². The molecule has 3 aromatic rings. The highest BCUT2D eigenvalue weighted by Gasteiger charge is 2.08. The third-order valence-electron chi connectivity index (χ3n) is 3.34. The van der Waals surface area contributed by atoms with Crippen LogP contribution in [0, 0.1) is 6.92 Å². The molecule has 0 fully saturated rings. The Morgan fingerprint density at radius 3 is 2.32 bits per heavy atom. The number of aromatic nitrogens is 2. The summed E-state index contributed by atoms with van der Waals surface area (Å²) in [4.78, 5) is 19.7. The third kappa shape index (κ3) is 2.86. The highest BCUT2D eigenvalue weighted by molar-refractivity contribution is 5.89. The molecule has 0 saturated heterocycles. The molecule has 0 aliphatic heterocycles. The molecule has 2 aromatic heterocycles. The molecule has 0 aliphatic rings. The molecule has 0 atom stereocenters. The van der Waals surface area contributed by atoms with Gasteiger partial charge in [-0.2, -0.15) is 0 Å². The summed E-state index contributed by atoms with van der Waals surface area (Å²) in [5.74, 6) is -0.957. The third-order valence-corrected chi connectivity index (χ3v) is 3.34. The summed E-state index contributed by atoms with van der Waals surface area (Å²) in [5.41, 5.74) is 4.68. The summed E-state index contributed by atoms with van der Waals surface area (Å²) in [6.45, 7) is 2.00. The maximum absolute atomic E-state index is 11.1. The molecule has 0 aliphatic carbocycles. The molecule has 0 unspecified atom stereocenters. The van der Waals surface area contributed by atoms with E-state index in [1.165, 1.54) is 12.3 Å². The van der Waals surface area contributed by atoms with Gasteiger partial charge in [0.25, 0.3) is 0 Å². The van der Waals surface area contributed by atoms with Gasteiger partial charge in [-0.15, -0.1) is 0 Å². The lowest BCUT2D eigenvalue weighted by molar-refractivity contribution is 0.0697. The predicted octanol–water partition coefficient (Wildman–Crippen LogP) is 3.82. The minimum Gasteiger partial charge on any atom is -0.478 e. The average Bonchev–Trinajstić information content (AvgIpc) is 2.55. The second-order valence-corrected chi connectivity index (χ2v) is 5.04. The van der Waals surface area contributed by atoms with Gasteiger partial charge in [0.2, 0.25) is 0 Å². The molecule has 0 radical (unpaired) electrons. The number of hydrogen-bond donors (Lipinski definition) is 1. The molecule has 1 aromatic carbocycles. The highest BCUT2D eigenvalue weighted by Crippen LogP contribution is 2.26. The number of benzene rings is 1. The quantitative estimate of drug-likeness (QED) is 0.796. The highest BCUT2D eigenvalue weighted by atomic mass is 16.4. The molecule has 4 nitrogen and oxygen atoms in total. The van der Waals surface area contributed by atoms with Crippen LogP contribution in [0.5, 0.6) is 0 Å². The number of hydrogen-bond acceptors (Lipinski definition) is 3. The van der Waals surface area contributed by atoms with Crippen LogP contribution in [0.2, 0.25) is 0 Å². The molecule has 1 N–H and O–H groups in total. The second kappa shape index (κ2) is 5.77. The number of aryl methyl sites for hydroxylation is 1. The molecular weight excluding hydrogens is 276 g/mol. The van der Waals surface area contributed by atoms with Crippen LogP contribution in [0.15, 0.2) is 60.9 Å². The van der Waals surface area contributed by atoms with Crippen molar-refractivity contribution in [2.45, 2.75) is 6.92 Å². The molecular formula is C18H14N2O2. The summed E-state index contributed by atoms with van der Waals surface area (Å²) in [7, 11) is 0. The summed E-state index contributed by atoms with van der Waals surface area (Å²) < 4.78 is 0. The zero-order chi connectivity index (χ0) is 15.5. The van der Waals surface area contributed by atoms with Gasteiger partial charge in [0.15, 0.2) is 0 Å². The first kappa shape index (κ1) is 13.9. The van der Waals surface area contributed by atoms with Crippen LogP contribution < -0.4 is 0 Å². The summed E-state index contributed by atoms with van der Waals surface area (Å²) >= 11 is 0. The monoisotopic (exact) mass is 290 g/mol. The fourth-order valence-corrected chi connectivity index (χ4v) is 2.33. The van der Waals surface area contributed by atoms with Crippen molar-refractivity contribution in [2.75, 3.05) is 0 Å². The van der Waals surface area contributed by atoms with Gasteiger partial charge in [0, 0.05) is 23.5 Å². The fourth-order valence-electron chi connectivity index (χ4n) is 2.33. The Balaban J connectivity index is 2.10. The number of pyridine rings is 2. The maximum Gasteiger partial charge on any atom is 0.335 e. The second-order valence-electron chi connectivity index (χ2n) is 5.04. The largest absolute Gasteiger partial charge is 0.478 e. The van der Waals surface area contributed by atoms with Gasteiger partial charge in [-0.25, -0.2) is 4.79 Å². The van der Waals surface area contributed by atoms with E-state index in [4.69, 9.17) is 5.11 Å². The minimum atomic E-state index is -0.957. The number of nitrogens with zero attached hydrogens (tertiary/aromatic N) is 2. The van der Waals surface area contributed by atoms with E-state index in [1.54, 1.807) is 12.3 Å². The molecule has 108 valence electrons. The first-order chi connectivity index (χ1) is 10.6. The SMILES string of the molecule is Cc1cc(-c2ccccn2)cc(-c2cc(C(=O)O)ccn2)c1. The number of rotatable bonds is 3. The van der Waals surface area contributed by atoms with Crippen molar-refractivity contribution in [3.63, 3.8) is 0 Å². The molecule has 0 spiro atoms. The van der Waals surface area contributed by atoms with Gasteiger partial charge in [0.05, 0.1) is 17.0 Å². The maximum atomic E-state index is 11.1. The van der Waals surface area contributed by atoms with E-state index >= 15 is 0 Å². The molecule has 2 heterocycles. The van der Waals surface area contributed by atoms with Crippen molar-refractivity contribution in [1.29, 1.82) is 0 Å². The molecule has 0 saturated carbocycles. The van der Waals surface area contributed by atoms with E-state index < -0.39 is 5.97 Å². The van der Waals surface area contributed by atoms with Gasteiger partial charge < -0.3 is 5.11 Å². The number of carboxylic acid groups (broad SMARTS) is 1. The van der Waals surface area contributed by atoms with E-state index in [2.05, 4.69) is 9.97 Å². The van der Waals surface area contributed by atoms with Gasteiger partial charge >= 0.3 is 5.97 Å². The number of aromatic carboxylic acids is 1. The smallest absolute Gasteiger partial charge is 0.335 e. The predicted molar refractivity (Wildman–Crippen MR) is 84.6 cm³/mol. The Hall–Kier alpha value is -3.01. The van der Waals surface area contributed by atoms with Crippen molar-refractivity contribution in [1.82, 2.24) is 9.97 Å². The molecule has 0 bridgehead atoms. The molecule has 4 heteroatoms. The van der Waals surface area contributed by atoms with E-state index in [9.17, 15) is 4.79 Å². The lowest BCUT2D eigenvalue weighted by Gasteiger charge is -2.08. The topological polar surface area (TPSA) is 63.1 Å². The Morgan fingerprint density at radius 2 is 1.64 bits per heavy atom. The van der Waals surface area contributed by atoms with Crippen LogP contribution in [-0.2, 0) is 0 Å². The van der Waals surface area contributed by atoms with Gasteiger partial charge in [-0.1, -0.05) is 6.07 Å². The minimum absolute atomic E-state index is 0.228. The lowest BCUT2D eigenvalue weighted by atomic mass is 10.0. The standard InChI is InChI=1S/C18H14N2O2/c1-12-8-14(16-4-2-3-6-19-16)10-15(9-12)17-11-13(18(21)22)5-7-20-17/h2-11H,1H3,(H,21,22). The van der Waals surface area contributed by atoms with Crippen LogP contribution in [-0.4, -0.2) is 21.0 Å². The Kier molecular flexibility index (Phi) is 3.66. The summed E-state index contributed by atoms with van der Waals surface area (Å²) in [6.07, 6.45) is 3.27. The summed E-state index contributed by atoms with van der Waals surface area (Å²) in [5, 5.41) is 9.11. The normalized spacial score (nSPS) is 10.4. The van der Waals surface area contributed by atoms with Gasteiger partial charge in [0.1, 0.15) is 0 Å². The van der Waals surface area contributed by atoms with Crippen LogP contribution >= 0.6 is 0 Å². The van der Waals surface area contributed by atoms with Crippen LogP contribution in [0.1, 0.15) is 15.9 Å². The summed E-state index contributed by atoms with van der Waals surface area (Å²) in [6, 6.07) is 14.8. The lowest BCUT2D eigenvalue weighted by Crippen LogP contribution is -1.97. The van der Waals surface area contributed by atoms with E-state index in [0.29, 0.717) is 5.69 Å². The first-order valence-electron chi connectivity index (χ1n) is 6.86. The van der Waals surface area contributed by atoms with Crippen molar-refractivity contribution >= 4 is 5.97 Å². The molecule has 22 heavy (non-hydrogen) atoms. The van der Waals surface area contributed by atoms with Crippen molar-refractivity contribution in [2.24, 2.45) is 0 Å². The van der Waals surface area contributed by atoms with Crippen LogP contribution in [0.25, 0.3) is 22.5 Å². The average molecular weight is 290 g/mol. The Bertz CT molecular complexity index is 830. The zero-order valence-corrected chi connectivity index (χ0v) is 12.0. The molecule has 3 rings (SSSR count). The Labute approximate surface area is 128 Å². The van der Waals surface area contributed by atoms with Gasteiger partial charge in [-0.3, -0.25) is 9.97 Å². The van der Waals surface area contributed by atoms with E-state index in [0.717, 1.165) is 22.4 Å². The van der Waals surface area contributed by atoms with Crippen LogP contribution in [0.3, 0.4) is 0 Å². The van der Waals surface area contributed by atoms with Gasteiger partial charge in [-0.05, 0) is 55.0 Å². The first-order valence-corrected chi connectivity index (χ1v) is 6.86. The zero-order valence-electron chi connectivity index (χ0n) is 12.0. The number of carboxylic acids is 1. The van der Waals surface area contributed by atoms with Crippen LogP contribution in [0.4, 0.5) is 0 Å². The molecule has 0 amide bonds. The number of carbonyl (C=O) groups is 1. The fraction of sp³-hybridized carbons (Fsp3) is 0.0556. The van der Waals surface area contributed by atoms with E-state index in [1.807, 2.05) is 43.3 Å². The van der Waals surface area contributed by atoms with Crippen molar-refractivity contribution in [3.8, 4) is 22.5 Å².